The van der Waals surface area contributed by atoms with Gasteiger partial charge in [-0.15, -0.1) is 0 Å². The molecule has 2 fully saturated rings. The molecular formula is C9H19N3O4S2. The minimum Gasteiger partial charge on any atom is -0.315 e. The van der Waals surface area contributed by atoms with Gasteiger partial charge in [-0.25, -0.2) is 16.8 Å². The van der Waals surface area contributed by atoms with E-state index >= 15 is 0 Å². The molecule has 2 aliphatic heterocycles. The van der Waals surface area contributed by atoms with Gasteiger partial charge in [0.15, 0.2) is 0 Å². The van der Waals surface area contributed by atoms with Crippen LogP contribution in [0, 0.1) is 0 Å². The van der Waals surface area contributed by atoms with Crippen LogP contribution in [0.1, 0.15) is 6.42 Å². The Morgan fingerprint density at radius 1 is 1.00 bits per heavy atom. The summed E-state index contributed by atoms with van der Waals surface area (Å²) >= 11 is 0. The zero-order valence-corrected chi connectivity index (χ0v) is 12.0. The topological polar surface area (TPSA) is 86.8 Å². The largest absolute Gasteiger partial charge is 0.315 e. The predicted octanol–water partition coefficient (Wildman–Crippen LogP) is -1.74. The number of sulfonamides is 2. The first-order valence-electron chi connectivity index (χ1n) is 5.96. The highest BCUT2D eigenvalue weighted by Crippen LogP contribution is 2.18. The zero-order chi connectivity index (χ0) is 13.4. The van der Waals surface area contributed by atoms with Gasteiger partial charge in [-0.05, 0) is 13.0 Å². The van der Waals surface area contributed by atoms with Gasteiger partial charge >= 0.3 is 0 Å². The SMILES string of the molecule is CS(=O)(=O)N1CCN(S(=O)(=O)C2CCNC2)CC1. The van der Waals surface area contributed by atoms with Gasteiger partial charge < -0.3 is 5.32 Å². The Morgan fingerprint density at radius 3 is 2.00 bits per heavy atom. The summed E-state index contributed by atoms with van der Waals surface area (Å²) in [5.41, 5.74) is 0. The van der Waals surface area contributed by atoms with Crippen LogP contribution in [0.2, 0.25) is 0 Å². The van der Waals surface area contributed by atoms with Crippen molar-refractivity contribution in [2.75, 3.05) is 45.5 Å². The molecule has 1 atom stereocenters. The molecule has 2 heterocycles. The summed E-state index contributed by atoms with van der Waals surface area (Å²) < 4.78 is 50.0. The van der Waals surface area contributed by atoms with Gasteiger partial charge in [0.2, 0.25) is 20.0 Å². The van der Waals surface area contributed by atoms with E-state index in [-0.39, 0.29) is 31.4 Å². The maximum absolute atomic E-state index is 12.3. The fourth-order valence-corrected chi connectivity index (χ4v) is 5.01. The molecule has 0 aromatic rings. The second kappa shape index (κ2) is 5.04. The average Bonchev–Trinajstić information content (AvgIpc) is 2.82. The fraction of sp³-hybridized carbons (Fsp3) is 1.00. The Labute approximate surface area is 108 Å². The maximum Gasteiger partial charge on any atom is 0.218 e. The van der Waals surface area contributed by atoms with Crippen LogP contribution in [0.15, 0.2) is 0 Å². The Kier molecular flexibility index (Phi) is 3.98. The molecule has 9 heteroatoms. The summed E-state index contributed by atoms with van der Waals surface area (Å²) in [6.07, 6.45) is 1.78. The number of hydrogen-bond donors (Lipinski definition) is 1. The Hall–Kier alpha value is -0.220. The van der Waals surface area contributed by atoms with Gasteiger partial charge in [-0.2, -0.15) is 8.61 Å². The molecule has 0 bridgehead atoms. The van der Waals surface area contributed by atoms with E-state index in [4.69, 9.17) is 0 Å². The lowest BCUT2D eigenvalue weighted by molar-refractivity contribution is 0.272. The first-order valence-corrected chi connectivity index (χ1v) is 9.32. The van der Waals surface area contributed by atoms with Crippen LogP contribution < -0.4 is 5.32 Å². The second-order valence-corrected chi connectivity index (χ2v) is 8.92. The standard InChI is InChI=1S/C9H19N3O4S2/c1-17(13,14)11-4-6-12(7-5-11)18(15,16)9-2-3-10-8-9/h9-10H,2-8H2,1H3. The fourth-order valence-electron chi connectivity index (χ4n) is 2.35. The lowest BCUT2D eigenvalue weighted by Gasteiger charge is -2.33. The molecule has 106 valence electrons. The van der Waals surface area contributed by atoms with Crippen molar-refractivity contribution >= 4 is 20.0 Å². The Balaban J connectivity index is 2.01. The van der Waals surface area contributed by atoms with Gasteiger partial charge in [-0.3, -0.25) is 0 Å². The van der Waals surface area contributed by atoms with Crippen molar-refractivity contribution in [2.24, 2.45) is 0 Å². The van der Waals surface area contributed by atoms with Gasteiger partial charge in [0, 0.05) is 32.7 Å². The monoisotopic (exact) mass is 297 g/mol. The highest BCUT2D eigenvalue weighted by atomic mass is 32.2. The lowest BCUT2D eigenvalue weighted by Crippen LogP contribution is -2.52. The molecule has 0 aromatic carbocycles. The molecule has 0 amide bonds. The summed E-state index contributed by atoms with van der Waals surface area (Å²) in [7, 11) is -6.50. The van der Waals surface area contributed by atoms with Crippen molar-refractivity contribution < 1.29 is 16.8 Å². The van der Waals surface area contributed by atoms with E-state index in [1.54, 1.807) is 0 Å². The molecule has 2 aliphatic rings. The lowest BCUT2D eigenvalue weighted by atomic mass is 10.4. The number of rotatable bonds is 3. The van der Waals surface area contributed by atoms with Crippen molar-refractivity contribution in [1.29, 1.82) is 0 Å². The van der Waals surface area contributed by atoms with Crippen LogP contribution in [0.4, 0.5) is 0 Å². The van der Waals surface area contributed by atoms with E-state index in [1.165, 1.54) is 8.61 Å². The first kappa shape index (κ1) is 14.2. The third-order valence-corrected chi connectivity index (χ3v) is 7.10. The Bertz CT molecular complexity index is 488. The minimum absolute atomic E-state index is 0.248. The van der Waals surface area contributed by atoms with E-state index in [0.717, 1.165) is 12.8 Å². The molecule has 0 aliphatic carbocycles. The molecule has 0 radical (unpaired) electrons. The van der Waals surface area contributed by atoms with Crippen LogP contribution in [0.5, 0.6) is 0 Å². The third-order valence-electron chi connectivity index (χ3n) is 3.46. The number of piperazine rings is 1. The number of nitrogens with zero attached hydrogens (tertiary/aromatic N) is 2. The minimum atomic E-state index is -3.28. The van der Waals surface area contributed by atoms with Crippen molar-refractivity contribution in [1.82, 2.24) is 13.9 Å². The molecule has 2 rings (SSSR count). The average molecular weight is 297 g/mol. The summed E-state index contributed by atoms with van der Waals surface area (Å²) in [5, 5.41) is 2.68. The van der Waals surface area contributed by atoms with E-state index in [1.807, 2.05) is 0 Å². The molecule has 2 saturated heterocycles. The van der Waals surface area contributed by atoms with Crippen LogP contribution in [-0.2, 0) is 20.0 Å². The summed E-state index contributed by atoms with van der Waals surface area (Å²) in [5.74, 6) is 0. The van der Waals surface area contributed by atoms with Gasteiger partial charge in [0.05, 0.1) is 11.5 Å². The quantitative estimate of drug-likeness (QED) is 0.668. The normalized spacial score (nSPS) is 28.6. The molecular weight excluding hydrogens is 278 g/mol. The smallest absolute Gasteiger partial charge is 0.218 e. The van der Waals surface area contributed by atoms with Gasteiger partial charge in [0.1, 0.15) is 0 Å². The van der Waals surface area contributed by atoms with Gasteiger partial charge in [0.25, 0.3) is 0 Å². The molecule has 18 heavy (non-hydrogen) atoms. The van der Waals surface area contributed by atoms with Crippen molar-refractivity contribution in [3.05, 3.63) is 0 Å². The van der Waals surface area contributed by atoms with E-state index in [2.05, 4.69) is 5.32 Å². The van der Waals surface area contributed by atoms with E-state index in [9.17, 15) is 16.8 Å². The molecule has 0 spiro atoms. The second-order valence-electron chi connectivity index (χ2n) is 4.72. The van der Waals surface area contributed by atoms with Crippen LogP contribution in [-0.4, -0.2) is 76.2 Å². The van der Waals surface area contributed by atoms with Crippen LogP contribution in [0.3, 0.4) is 0 Å². The maximum atomic E-state index is 12.3. The Morgan fingerprint density at radius 2 is 1.56 bits per heavy atom. The molecule has 7 nitrogen and oxygen atoms in total. The van der Waals surface area contributed by atoms with E-state index < -0.39 is 20.0 Å². The van der Waals surface area contributed by atoms with Crippen molar-refractivity contribution in [3.8, 4) is 0 Å². The molecule has 1 N–H and O–H groups in total. The van der Waals surface area contributed by atoms with Crippen LogP contribution in [0.25, 0.3) is 0 Å². The molecule has 1 unspecified atom stereocenters. The first-order chi connectivity index (χ1) is 8.32. The molecule has 0 saturated carbocycles. The van der Waals surface area contributed by atoms with Crippen LogP contribution >= 0.6 is 0 Å². The third kappa shape index (κ3) is 2.85. The highest BCUT2D eigenvalue weighted by molar-refractivity contribution is 7.89. The number of hydrogen-bond acceptors (Lipinski definition) is 5. The highest BCUT2D eigenvalue weighted by Gasteiger charge is 2.36. The van der Waals surface area contributed by atoms with Gasteiger partial charge in [-0.1, -0.05) is 0 Å². The number of nitrogens with one attached hydrogen (secondary N) is 1. The predicted molar refractivity (Wildman–Crippen MR) is 68.2 cm³/mol. The van der Waals surface area contributed by atoms with Crippen molar-refractivity contribution in [2.45, 2.75) is 11.7 Å². The summed E-state index contributed by atoms with van der Waals surface area (Å²) in [6, 6.07) is 0. The zero-order valence-electron chi connectivity index (χ0n) is 10.4. The summed E-state index contributed by atoms with van der Waals surface area (Å²) in [6.45, 7) is 2.23. The van der Waals surface area contributed by atoms with E-state index in [0.29, 0.717) is 13.0 Å². The molecule has 0 aromatic heterocycles. The summed E-state index contributed by atoms with van der Waals surface area (Å²) in [4.78, 5) is 0. The van der Waals surface area contributed by atoms with Crippen molar-refractivity contribution in [3.63, 3.8) is 0 Å².